The standard InChI is InChI=1S/C30H35N9O4S2/c1-21(23-12-16-26(17-13-23)44(40,41)38(3)4)34-36-28-20-29(33-30(32-28)31-25-10-8-7-9-11-25)37-35-22(2)24-14-18-27(19-15-24)45(42,43)39(5)6/h7-20H,1-6H3,(H3,31,32,33,36,37). The van der Waals surface area contributed by atoms with Crippen molar-refractivity contribution >= 4 is 54.7 Å². The van der Waals surface area contributed by atoms with Gasteiger partial charge in [-0.3, -0.25) is 10.9 Å². The van der Waals surface area contributed by atoms with E-state index in [2.05, 4.69) is 36.3 Å². The smallest absolute Gasteiger partial charge is 0.242 e. The van der Waals surface area contributed by atoms with Crippen molar-refractivity contribution in [2.24, 2.45) is 10.2 Å². The SMILES string of the molecule is CC(=NNc1cc(NN=C(C)c2ccc(S(=O)(=O)N(C)C)cc2)nc(Nc2ccccc2)n1)c1ccc(S(=O)(=O)N(C)C)cc1. The van der Waals surface area contributed by atoms with Crippen molar-refractivity contribution < 1.29 is 16.8 Å². The Morgan fingerprint density at radius 3 is 1.40 bits per heavy atom. The molecular weight excluding hydrogens is 615 g/mol. The van der Waals surface area contributed by atoms with Gasteiger partial charge in [-0.25, -0.2) is 25.4 Å². The van der Waals surface area contributed by atoms with E-state index in [9.17, 15) is 16.8 Å². The van der Waals surface area contributed by atoms with Gasteiger partial charge in [0, 0.05) is 39.9 Å². The van der Waals surface area contributed by atoms with Gasteiger partial charge in [-0.2, -0.15) is 20.2 Å². The minimum Gasteiger partial charge on any atom is -0.324 e. The molecule has 0 bridgehead atoms. The lowest BCUT2D eigenvalue weighted by molar-refractivity contribution is 0.519. The van der Waals surface area contributed by atoms with Crippen molar-refractivity contribution in [3.63, 3.8) is 0 Å². The minimum atomic E-state index is -3.54. The van der Waals surface area contributed by atoms with Gasteiger partial charge < -0.3 is 5.32 Å². The molecule has 13 nitrogen and oxygen atoms in total. The summed E-state index contributed by atoms with van der Waals surface area (Å²) < 4.78 is 51.9. The fourth-order valence-corrected chi connectivity index (χ4v) is 5.64. The molecule has 0 spiro atoms. The van der Waals surface area contributed by atoms with Gasteiger partial charge in [-0.1, -0.05) is 42.5 Å². The summed E-state index contributed by atoms with van der Waals surface area (Å²) in [6, 6.07) is 23.9. The zero-order valence-corrected chi connectivity index (χ0v) is 27.3. The van der Waals surface area contributed by atoms with E-state index in [1.807, 2.05) is 30.3 Å². The van der Waals surface area contributed by atoms with Gasteiger partial charge in [-0.15, -0.1) is 0 Å². The van der Waals surface area contributed by atoms with E-state index in [1.54, 1.807) is 44.2 Å². The summed E-state index contributed by atoms with van der Waals surface area (Å²) in [4.78, 5) is 9.41. The highest BCUT2D eigenvalue weighted by Crippen LogP contribution is 2.20. The molecule has 1 heterocycles. The summed E-state index contributed by atoms with van der Waals surface area (Å²) >= 11 is 0. The third-order valence-corrected chi connectivity index (χ3v) is 10.2. The average molecular weight is 650 g/mol. The molecule has 0 aliphatic rings. The van der Waals surface area contributed by atoms with Crippen LogP contribution in [-0.2, 0) is 20.0 Å². The summed E-state index contributed by atoms with van der Waals surface area (Å²) in [7, 11) is -1.15. The van der Waals surface area contributed by atoms with Crippen LogP contribution in [-0.4, -0.2) is 75.0 Å². The zero-order chi connectivity index (χ0) is 32.8. The van der Waals surface area contributed by atoms with Gasteiger partial charge in [-0.05, 0) is 61.4 Å². The van der Waals surface area contributed by atoms with Gasteiger partial charge in [0.25, 0.3) is 0 Å². The number of hydrazone groups is 2. The topological polar surface area (TPSA) is 161 Å². The normalized spacial score (nSPS) is 12.8. The highest BCUT2D eigenvalue weighted by Gasteiger charge is 2.18. The summed E-state index contributed by atoms with van der Waals surface area (Å²) in [5.74, 6) is 1.01. The molecule has 0 saturated heterocycles. The Morgan fingerprint density at radius 2 is 1.02 bits per heavy atom. The summed E-state index contributed by atoms with van der Waals surface area (Å²) in [5, 5.41) is 12.0. The third-order valence-electron chi connectivity index (χ3n) is 6.53. The molecule has 0 radical (unpaired) electrons. The Hall–Kier alpha value is -4.70. The first-order chi connectivity index (χ1) is 21.3. The number of nitrogens with zero attached hydrogens (tertiary/aromatic N) is 6. The number of nitrogens with one attached hydrogen (secondary N) is 3. The number of sulfonamides is 2. The molecule has 0 unspecified atom stereocenters. The predicted octanol–water partition coefficient (Wildman–Crippen LogP) is 4.39. The molecule has 4 aromatic rings. The third kappa shape index (κ3) is 8.27. The molecule has 0 fully saturated rings. The highest BCUT2D eigenvalue weighted by molar-refractivity contribution is 7.89. The molecule has 15 heteroatoms. The molecule has 0 amide bonds. The molecular formula is C30H35N9O4S2. The first kappa shape index (κ1) is 33.2. The quantitative estimate of drug-likeness (QED) is 0.149. The van der Waals surface area contributed by atoms with Crippen molar-refractivity contribution in [1.82, 2.24) is 18.6 Å². The molecule has 4 rings (SSSR count). The van der Waals surface area contributed by atoms with Crippen molar-refractivity contribution in [2.75, 3.05) is 44.4 Å². The lowest BCUT2D eigenvalue weighted by Crippen LogP contribution is -2.22. The van der Waals surface area contributed by atoms with E-state index < -0.39 is 20.0 Å². The Bertz CT molecular complexity index is 1790. The number of para-hydroxylation sites is 1. The molecule has 0 aliphatic carbocycles. The van der Waals surface area contributed by atoms with Crippen LogP contribution in [0.5, 0.6) is 0 Å². The maximum atomic E-state index is 12.4. The molecule has 1 aromatic heterocycles. The Labute approximate surface area is 263 Å². The van der Waals surface area contributed by atoms with Gasteiger partial charge >= 0.3 is 0 Å². The van der Waals surface area contributed by atoms with Crippen LogP contribution in [0.25, 0.3) is 0 Å². The Morgan fingerprint density at radius 1 is 0.622 bits per heavy atom. The van der Waals surface area contributed by atoms with Crippen LogP contribution < -0.4 is 16.2 Å². The zero-order valence-electron chi connectivity index (χ0n) is 25.7. The van der Waals surface area contributed by atoms with Crippen molar-refractivity contribution in [3.8, 4) is 0 Å². The molecule has 0 atom stereocenters. The van der Waals surface area contributed by atoms with Gasteiger partial charge in [0.1, 0.15) is 0 Å². The molecule has 0 aliphatic heterocycles. The second kappa shape index (κ2) is 13.9. The van der Waals surface area contributed by atoms with Crippen LogP contribution in [0.2, 0.25) is 0 Å². The molecule has 3 aromatic carbocycles. The van der Waals surface area contributed by atoms with E-state index in [0.29, 0.717) is 23.1 Å². The maximum absolute atomic E-state index is 12.4. The lowest BCUT2D eigenvalue weighted by Gasteiger charge is -2.12. The highest BCUT2D eigenvalue weighted by atomic mass is 32.2. The molecule has 3 N–H and O–H groups in total. The van der Waals surface area contributed by atoms with E-state index in [-0.39, 0.29) is 15.7 Å². The van der Waals surface area contributed by atoms with Crippen molar-refractivity contribution in [3.05, 3.63) is 96.1 Å². The number of rotatable bonds is 12. The number of aromatic nitrogens is 2. The average Bonchev–Trinajstić information content (AvgIpc) is 3.03. The Balaban J connectivity index is 1.57. The second-order valence-corrected chi connectivity index (χ2v) is 14.5. The van der Waals surface area contributed by atoms with Crippen LogP contribution in [0.15, 0.2) is 105 Å². The van der Waals surface area contributed by atoms with E-state index in [1.165, 1.54) is 52.5 Å². The summed E-state index contributed by atoms with van der Waals surface area (Å²) in [6.45, 7) is 3.57. The van der Waals surface area contributed by atoms with Gasteiger partial charge in [0.05, 0.1) is 21.2 Å². The van der Waals surface area contributed by atoms with E-state index in [0.717, 1.165) is 25.4 Å². The largest absolute Gasteiger partial charge is 0.324 e. The monoisotopic (exact) mass is 649 g/mol. The van der Waals surface area contributed by atoms with Gasteiger partial charge in [0.2, 0.25) is 26.0 Å². The second-order valence-electron chi connectivity index (χ2n) is 10.2. The van der Waals surface area contributed by atoms with Crippen LogP contribution in [0.4, 0.5) is 23.3 Å². The molecule has 236 valence electrons. The fraction of sp³-hybridized carbons (Fsp3) is 0.200. The molecule has 45 heavy (non-hydrogen) atoms. The number of hydrogen-bond acceptors (Lipinski definition) is 11. The molecule has 0 saturated carbocycles. The predicted molar refractivity (Wildman–Crippen MR) is 178 cm³/mol. The summed E-state index contributed by atoms with van der Waals surface area (Å²) in [5.41, 5.74) is 9.31. The number of benzene rings is 3. The maximum Gasteiger partial charge on any atom is 0.242 e. The first-order valence-electron chi connectivity index (χ1n) is 13.6. The van der Waals surface area contributed by atoms with Gasteiger partial charge in [0.15, 0.2) is 11.6 Å². The minimum absolute atomic E-state index is 0.186. The van der Waals surface area contributed by atoms with E-state index in [4.69, 9.17) is 0 Å². The fourth-order valence-electron chi connectivity index (χ4n) is 3.84. The van der Waals surface area contributed by atoms with Crippen LogP contribution in [0.1, 0.15) is 25.0 Å². The van der Waals surface area contributed by atoms with Crippen LogP contribution >= 0.6 is 0 Å². The van der Waals surface area contributed by atoms with Crippen LogP contribution in [0, 0.1) is 0 Å². The van der Waals surface area contributed by atoms with Crippen molar-refractivity contribution in [2.45, 2.75) is 23.6 Å². The number of anilines is 4. The number of hydrogen-bond donors (Lipinski definition) is 3. The first-order valence-corrected chi connectivity index (χ1v) is 16.5. The summed E-state index contributed by atoms with van der Waals surface area (Å²) in [6.07, 6.45) is 0. The van der Waals surface area contributed by atoms with Crippen molar-refractivity contribution in [1.29, 1.82) is 0 Å². The lowest BCUT2D eigenvalue weighted by atomic mass is 10.1. The van der Waals surface area contributed by atoms with E-state index >= 15 is 0 Å². The Kier molecular flexibility index (Phi) is 10.3. The van der Waals surface area contributed by atoms with Crippen LogP contribution in [0.3, 0.4) is 0 Å².